The highest BCUT2D eigenvalue weighted by Gasteiger charge is 2.40. The molecule has 0 saturated carbocycles. The van der Waals surface area contributed by atoms with E-state index in [1.165, 1.54) is 24.2 Å². The van der Waals surface area contributed by atoms with Crippen LogP contribution in [-0.2, 0) is 0 Å². The van der Waals surface area contributed by atoms with E-state index in [1.807, 2.05) is 6.92 Å². The van der Waals surface area contributed by atoms with E-state index in [4.69, 9.17) is 23.2 Å². The molecule has 4 nitrogen and oxygen atoms in total. The standard InChI is InChI=1S/C20H20Cl2N2O2/c1-12(11-23-8-3-2-4-9-23)24-19(25)14-10-16(22)18-13(17(14)20(24)26)6-5-7-15(18)21/h5-7,10,12H,2-4,8-9,11H2,1H3. The predicted octanol–water partition coefficient (Wildman–Crippen LogP) is 4.62. The maximum Gasteiger partial charge on any atom is 0.262 e. The second-order valence-corrected chi connectivity index (χ2v) is 7.95. The summed E-state index contributed by atoms with van der Waals surface area (Å²) in [6, 6.07) is 6.71. The molecule has 6 heteroatoms. The third-order valence-electron chi connectivity index (χ3n) is 5.36. The first-order chi connectivity index (χ1) is 12.5. The van der Waals surface area contributed by atoms with Crippen molar-refractivity contribution < 1.29 is 9.59 Å². The van der Waals surface area contributed by atoms with Gasteiger partial charge in [0.1, 0.15) is 0 Å². The predicted molar refractivity (Wildman–Crippen MR) is 104 cm³/mol. The smallest absolute Gasteiger partial charge is 0.262 e. The fourth-order valence-corrected chi connectivity index (χ4v) is 4.77. The molecule has 0 spiro atoms. The topological polar surface area (TPSA) is 40.6 Å². The number of hydrogen-bond donors (Lipinski definition) is 0. The van der Waals surface area contributed by atoms with Crippen LogP contribution in [0.3, 0.4) is 0 Å². The van der Waals surface area contributed by atoms with Crippen molar-refractivity contribution in [3.05, 3.63) is 45.4 Å². The minimum atomic E-state index is -0.265. The van der Waals surface area contributed by atoms with Crippen molar-refractivity contribution in [2.45, 2.75) is 32.2 Å². The van der Waals surface area contributed by atoms with Gasteiger partial charge in [0.25, 0.3) is 11.8 Å². The Bertz CT molecular complexity index is 906. The second kappa shape index (κ2) is 6.84. The molecule has 2 aromatic rings. The van der Waals surface area contributed by atoms with Gasteiger partial charge >= 0.3 is 0 Å². The highest BCUT2D eigenvalue weighted by atomic mass is 35.5. The number of rotatable bonds is 3. The van der Waals surface area contributed by atoms with Crippen molar-refractivity contribution in [2.24, 2.45) is 0 Å². The average molecular weight is 391 g/mol. The summed E-state index contributed by atoms with van der Waals surface area (Å²) >= 11 is 12.6. The van der Waals surface area contributed by atoms with Crippen LogP contribution in [0.2, 0.25) is 10.0 Å². The molecule has 2 heterocycles. The molecular weight excluding hydrogens is 371 g/mol. The van der Waals surface area contributed by atoms with Crippen LogP contribution in [0.1, 0.15) is 46.9 Å². The Kier molecular flexibility index (Phi) is 4.68. The van der Waals surface area contributed by atoms with Gasteiger partial charge in [-0.05, 0) is 50.4 Å². The Morgan fingerprint density at radius 1 is 1.04 bits per heavy atom. The molecule has 1 fully saturated rings. The molecule has 0 aliphatic carbocycles. The van der Waals surface area contributed by atoms with E-state index >= 15 is 0 Å². The van der Waals surface area contributed by atoms with E-state index in [2.05, 4.69) is 4.90 Å². The Balaban J connectivity index is 1.72. The van der Waals surface area contributed by atoms with Gasteiger partial charge in [0, 0.05) is 17.0 Å². The van der Waals surface area contributed by atoms with Crippen LogP contribution in [0, 0.1) is 0 Å². The number of amides is 2. The molecule has 2 amide bonds. The minimum Gasteiger partial charge on any atom is -0.301 e. The van der Waals surface area contributed by atoms with Crippen LogP contribution in [-0.4, -0.2) is 47.3 Å². The lowest BCUT2D eigenvalue weighted by Gasteiger charge is -2.32. The van der Waals surface area contributed by atoms with Gasteiger partial charge in [0.05, 0.1) is 22.2 Å². The summed E-state index contributed by atoms with van der Waals surface area (Å²) < 4.78 is 0. The van der Waals surface area contributed by atoms with Gasteiger partial charge in [-0.15, -0.1) is 0 Å². The highest BCUT2D eigenvalue weighted by Crippen LogP contribution is 2.38. The summed E-state index contributed by atoms with van der Waals surface area (Å²) in [7, 11) is 0. The van der Waals surface area contributed by atoms with E-state index < -0.39 is 0 Å². The largest absolute Gasteiger partial charge is 0.301 e. The molecule has 2 aliphatic heterocycles. The Labute approximate surface area is 162 Å². The Hall–Kier alpha value is -1.62. The number of halogens is 2. The first-order valence-electron chi connectivity index (χ1n) is 9.00. The molecule has 2 aromatic carbocycles. The SMILES string of the molecule is CC(CN1CCCCC1)N1C(=O)c2cc(Cl)c3c(Cl)cccc3c2C1=O. The van der Waals surface area contributed by atoms with Crippen molar-refractivity contribution in [3.63, 3.8) is 0 Å². The highest BCUT2D eigenvalue weighted by molar-refractivity contribution is 6.44. The van der Waals surface area contributed by atoms with Gasteiger partial charge < -0.3 is 4.90 Å². The first-order valence-corrected chi connectivity index (χ1v) is 9.75. The molecular formula is C20H20Cl2N2O2. The van der Waals surface area contributed by atoms with Gasteiger partial charge in [-0.2, -0.15) is 0 Å². The zero-order valence-electron chi connectivity index (χ0n) is 14.6. The van der Waals surface area contributed by atoms with Crippen molar-refractivity contribution in [2.75, 3.05) is 19.6 Å². The summed E-state index contributed by atoms with van der Waals surface area (Å²) in [4.78, 5) is 29.8. The lowest BCUT2D eigenvalue weighted by Crippen LogP contribution is -2.46. The first kappa shape index (κ1) is 17.8. The summed E-state index contributed by atoms with van der Waals surface area (Å²) in [6.07, 6.45) is 3.60. The molecule has 1 unspecified atom stereocenters. The van der Waals surface area contributed by atoms with E-state index in [0.29, 0.717) is 38.5 Å². The average Bonchev–Trinajstić information content (AvgIpc) is 2.86. The van der Waals surface area contributed by atoms with E-state index in [1.54, 1.807) is 24.3 Å². The van der Waals surface area contributed by atoms with Gasteiger partial charge in [0.2, 0.25) is 0 Å². The zero-order chi connectivity index (χ0) is 18.4. The number of hydrogen-bond acceptors (Lipinski definition) is 3. The van der Waals surface area contributed by atoms with Crippen LogP contribution in [0.15, 0.2) is 24.3 Å². The van der Waals surface area contributed by atoms with Crippen LogP contribution in [0.4, 0.5) is 0 Å². The monoisotopic (exact) mass is 390 g/mol. The fourth-order valence-electron chi connectivity index (χ4n) is 4.13. The normalized spacial score (nSPS) is 19.3. The van der Waals surface area contributed by atoms with Crippen LogP contribution >= 0.6 is 23.2 Å². The van der Waals surface area contributed by atoms with E-state index in [-0.39, 0.29) is 17.9 Å². The third kappa shape index (κ3) is 2.81. The zero-order valence-corrected chi connectivity index (χ0v) is 16.1. The minimum absolute atomic E-state index is 0.187. The Morgan fingerprint density at radius 3 is 2.50 bits per heavy atom. The van der Waals surface area contributed by atoms with Crippen LogP contribution in [0.5, 0.6) is 0 Å². The van der Waals surface area contributed by atoms with Gasteiger partial charge in [-0.25, -0.2) is 0 Å². The number of benzene rings is 2. The molecule has 1 atom stereocenters. The number of piperidine rings is 1. The number of imide groups is 1. The van der Waals surface area contributed by atoms with E-state index in [0.717, 1.165) is 13.1 Å². The molecule has 2 aliphatic rings. The molecule has 1 saturated heterocycles. The quantitative estimate of drug-likeness (QED) is 0.717. The third-order valence-corrected chi connectivity index (χ3v) is 5.97. The lowest BCUT2D eigenvalue weighted by molar-refractivity contribution is 0.0552. The fraction of sp³-hybridized carbons (Fsp3) is 0.400. The molecule has 0 aromatic heterocycles. The molecule has 26 heavy (non-hydrogen) atoms. The maximum absolute atomic E-state index is 13.1. The number of fused-ring (bicyclic) bond motifs is 3. The molecule has 0 bridgehead atoms. The molecule has 0 radical (unpaired) electrons. The number of carbonyl (C=O) groups excluding carboxylic acids is 2. The summed E-state index contributed by atoms with van der Waals surface area (Å²) in [6.45, 7) is 4.70. The number of carbonyl (C=O) groups is 2. The van der Waals surface area contributed by atoms with Crippen molar-refractivity contribution in [1.82, 2.24) is 9.80 Å². The van der Waals surface area contributed by atoms with Gasteiger partial charge in [0.15, 0.2) is 0 Å². The van der Waals surface area contributed by atoms with Crippen molar-refractivity contribution in [3.8, 4) is 0 Å². The van der Waals surface area contributed by atoms with Gasteiger partial charge in [-0.1, -0.05) is 41.8 Å². The molecule has 4 rings (SSSR count). The van der Waals surface area contributed by atoms with Crippen LogP contribution in [0.25, 0.3) is 10.8 Å². The molecule has 0 N–H and O–H groups in total. The maximum atomic E-state index is 13.1. The van der Waals surface area contributed by atoms with Crippen molar-refractivity contribution in [1.29, 1.82) is 0 Å². The number of likely N-dealkylation sites (tertiary alicyclic amines) is 1. The van der Waals surface area contributed by atoms with Crippen LogP contribution < -0.4 is 0 Å². The summed E-state index contributed by atoms with van der Waals surface area (Å²) in [5.41, 5.74) is 0.794. The number of nitrogens with zero attached hydrogens (tertiary/aromatic N) is 2. The second-order valence-electron chi connectivity index (χ2n) is 7.13. The van der Waals surface area contributed by atoms with Crippen molar-refractivity contribution >= 4 is 45.8 Å². The van der Waals surface area contributed by atoms with E-state index in [9.17, 15) is 9.59 Å². The summed E-state index contributed by atoms with van der Waals surface area (Å²) in [5.74, 6) is -0.517. The summed E-state index contributed by atoms with van der Waals surface area (Å²) in [5, 5.41) is 2.15. The molecule has 136 valence electrons. The van der Waals surface area contributed by atoms with Gasteiger partial charge in [-0.3, -0.25) is 14.5 Å². The Morgan fingerprint density at radius 2 is 1.77 bits per heavy atom. The lowest BCUT2D eigenvalue weighted by atomic mass is 10.0.